The van der Waals surface area contributed by atoms with E-state index in [4.69, 9.17) is 0 Å². The van der Waals surface area contributed by atoms with Gasteiger partial charge >= 0.3 is 6.03 Å². The largest absolute Gasteiger partial charge is 0.340 e. The fourth-order valence-corrected chi connectivity index (χ4v) is 3.96. The number of urea groups is 1. The number of nitrogens with zero attached hydrogens (tertiary/aromatic N) is 2. The van der Waals surface area contributed by atoms with Crippen LogP contribution in [0.25, 0.3) is 0 Å². The lowest BCUT2D eigenvalue weighted by atomic mass is 9.92. The molecular weight excluding hydrogens is 361 g/mol. The molecule has 1 atom stereocenters. The van der Waals surface area contributed by atoms with Crippen LogP contribution in [0.2, 0.25) is 0 Å². The van der Waals surface area contributed by atoms with Crippen molar-refractivity contribution < 1.29 is 18.8 Å². The number of imide groups is 1. The lowest BCUT2D eigenvalue weighted by Gasteiger charge is -2.23. The maximum Gasteiger partial charge on any atom is 0.325 e. The second-order valence-corrected chi connectivity index (χ2v) is 7.23. The molecule has 1 aliphatic carbocycles. The first kappa shape index (κ1) is 18.2. The number of benzene rings is 2. The molecule has 1 N–H and O–H groups in total. The van der Waals surface area contributed by atoms with Crippen molar-refractivity contribution in [3.63, 3.8) is 0 Å². The fraction of sp³-hybridized carbons (Fsp3) is 0.286. The zero-order chi connectivity index (χ0) is 19.9. The van der Waals surface area contributed by atoms with E-state index >= 15 is 0 Å². The number of hydrogen-bond donors (Lipinski definition) is 1. The van der Waals surface area contributed by atoms with Crippen LogP contribution in [0, 0.1) is 5.82 Å². The molecule has 0 unspecified atom stereocenters. The van der Waals surface area contributed by atoms with Crippen molar-refractivity contribution in [1.29, 1.82) is 0 Å². The molecule has 1 fully saturated rings. The first-order valence-electron chi connectivity index (χ1n) is 9.12. The Balaban J connectivity index is 1.50. The Morgan fingerprint density at radius 3 is 2.68 bits per heavy atom. The lowest BCUT2D eigenvalue weighted by Crippen LogP contribution is -2.44. The monoisotopic (exact) mass is 381 g/mol. The van der Waals surface area contributed by atoms with Gasteiger partial charge in [-0.25, -0.2) is 9.18 Å². The van der Waals surface area contributed by atoms with Gasteiger partial charge in [0.2, 0.25) is 5.91 Å². The number of halogens is 1. The highest BCUT2D eigenvalue weighted by Crippen LogP contribution is 2.41. The fourth-order valence-electron chi connectivity index (χ4n) is 3.96. The van der Waals surface area contributed by atoms with E-state index < -0.39 is 29.2 Å². The van der Waals surface area contributed by atoms with E-state index in [0.717, 1.165) is 16.0 Å². The van der Waals surface area contributed by atoms with Crippen LogP contribution in [-0.2, 0) is 28.1 Å². The smallest absolute Gasteiger partial charge is 0.325 e. The second-order valence-electron chi connectivity index (χ2n) is 7.23. The summed E-state index contributed by atoms with van der Waals surface area (Å²) in [4.78, 5) is 40.4. The average molecular weight is 381 g/mol. The minimum atomic E-state index is -1.09. The van der Waals surface area contributed by atoms with Crippen LogP contribution in [0.4, 0.5) is 9.18 Å². The third-order valence-electron chi connectivity index (χ3n) is 5.51. The summed E-state index contributed by atoms with van der Waals surface area (Å²) in [7, 11) is 1.52. The molecule has 2 aliphatic rings. The maximum absolute atomic E-state index is 13.8. The maximum atomic E-state index is 13.8. The number of carbonyl (C=O) groups is 3. The van der Waals surface area contributed by atoms with Crippen LogP contribution in [-0.4, -0.2) is 41.2 Å². The summed E-state index contributed by atoms with van der Waals surface area (Å²) >= 11 is 0. The van der Waals surface area contributed by atoms with Gasteiger partial charge in [-0.2, -0.15) is 0 Å². The van der Waals surface area contributed by atoms with Crippen molar-refractivity contribution in [3.05, 3.63) is 71.0 Å². The van der Waals surface area contributed by atoms with E-state index in [1.54, 1.807) is 18.2 Å². The minimum absolute atomic E-state index is 0.0587. The van der Waals surface area contributed by atoms with Crippen molar-refractivity contribution in [2.75, 3.05) is 13.6 Å². The van der Waals surface area contributed by atoms with E-state index in [2.05, 4.69) is 5.32 Å². The molecule has 144 valence electrons. The van der Waals surface area contributed by atoms with Crippen LogP contribution in [0.15, 0.2) is 48.5 Å². The van der Waals surface area contributed by atoms with Gasteiger partial charge in [0.15, 0.2) is 0 Å². The molecule has 0 aromatic heterocycles. The van der Waals surface area contributed by atoms with E-state index in [1.807, 2.05) is 24.3 Å². The number of aryl methyl sites for hydroxylation is 1. The van der Waals surface area contributed by atoms with Crippen LogP contribution in [0.5, 0.6) is 0 Å². The molecule has 2 aromatic carbocycles. The molecule has 2 aromatic rings. The van der Waals surface area contributed by atoms with Gasteiger partial charge in [0.1, 0.15) is 17.9 Å². The van der Waals surface area contributed by atoms with E-state index in [-0.39, 0.29) is 13.1 Å². The summed E-state index contributed by atoms with van der Waals surface area (Å²) in [6, 6.07) is 13.1. The zero-order valence-electron chi connectivity index (χ0n) is 15.4. The first-order chi connectivity index (χ1) is 13.4. The summed E-state index contributed by atoms with van der Waals surface area (Å²) < 4.78 is 13.8. The summed E-state index contributed by atoms with van der Waals surface area (Å²) in [5, 5.41) is 2.80. The number of carbonyl (C=O) groups excluding carboxylic acids is 3. The predicted molar refractivity (Wildman–Crippen MR) is 99.6 cm³/mol. The third kappa shape index (κ3) is 2.83. The molecule has 6 nitrogen and oxygen atoms in total. The Bertz CT molecular complexity index is 977. The topological polar surface area (TPSA) is 69.7 Å². The molecule has 0 radical (unpaired) electrons. The second kappa shape index (κ2) is 6.74. The highest BCUT2D eigenvalue weighted by atomic mass is 19.1. The van der Waals surface area contributed by atoms with Crippen molar-refractivity contribution in [3.8, 4) is 0 Å². The minimum Gasteiger partial charge on any atom is -0.340 e. The van der Waals surface area contributed by atoms with Gasteiger partial charge in [-0.15, -0.1) is 0 Å². The Labute approximate surface area is 161 Å². The van der Waals surface area contributed by atoms with Crippen LogP contribution in [0.1, 0.15) is 23.1 Å². The van der Waals surface area contributed by atoms with E-state index in [9.17, 15) is 18.8 Å². The predicted octanol–water partition coefficient (Wildman–Crippen LogP) is 2.18. The van der Waals surface area contributed by atoms with Crippen molar-refractivity contribution >= 4 is 17.8 Å². The first-order valence-corrected chi connectivity index (χ1v) is 9.12. The standard InChI is InChI=1S/C21H20FN3O3/c1-24(12-15-7-3-5-9-17(15)22)18(26)13-25-19(27)21(23-20(25)28)11-10-14-6-2-4-8-16(14)21/h2-9H,10-13H2,1H3,(H,23,28)/t21-/m1/s1. The lowest BCUT2D eigenvalue weighted by molar-refractivity contribution is -0.138. The molecule has 1 spiro atoms. The average Bonchev–Trinajstić information content (AvgIpc) is 3.17. The van der Waals surface area contributed by atoms with Gasteiger partial charge in [0.05, 0.1) is 0 Å². The van der Waals surface area contributed by atoms with Crippen LogP contribution >= 0.6 is 0 Å². The normalized spacial score (nSPS) is 20.4. The number of nitrogens with one attached hydrogen (secondary N) is 1. The van der Waals surface area contributed by atoms with Gasteiger partial charge in [-0.1, -0.05) is 42.5 Å². The molecule has 1 heterocycles. The number of amides is 4. The van der Waals surface area contributed by atoms with Crippen LogP contribution < -0.4 is 5.32 Å². The quantitative estimate of drug-likeness (QED) is 0.826. The van der Waals surface area contributed by atoms with Crippen molar-refractivity contribution in [1.82, 2.24) is 15.1 Å². The molecule has 7 heteroatoms. The van der Waals surface area contributed by atoms with Gasteiger partial charge in [0.25, 0.3) is 5.91 Å². The van der Waals surface area contributed by atoms with Crippen molar-refractivity contribution in [2.24, 2.45) is 0 Å². The molecule has 0 saturated carbocycles. The SMILES string of the molecule is CN(Cc1ccccc1F)C(=O)CN1C(=O)N[C@@]2(CCc3ccccc32)C1=O. The van der Waals surface area contributed by atoms with E-state index in [1.165, 1.54) is 18.0 Å². The Hall–Kier alpha value is -3.22. The van der Waals surface area contributed by atoms with Crippen molar-refractivity contribution in [2.45, 2.75) is 24.9 Å². The summed E-state index contributed by atoms with van der Waals surface area (Å²) in [6.45, 7) is -0.317. The molecule has 4 rings (SSSR count). The molecule has 28 heavy (non-hydrogen) atoms. The number of likely N-dealkylation sites (N-methyl/N-ethyl adjacent to an activating group) is 1. The molecule has 1 saturated heterocycles. The van der Waals surface area contributed by atoms with Gasteiger partial charge in [-0.3, -0.25) is 14.5 Å². The van der Waals surface area contributed by atoms with Gasteiger partial charge in [-0.05, 0) is 30.0 Å². The number of rotatable bonds is 4. The molecular formula is C21H20FN3O3. The van der Waals surface area contributed by atoms with Gasteiger partial charge in [0, 0.05) is 19.2 Å². The highest BCUT2D eigenvalue weighted by Gasteiger charge is 2.55. The molecule has 1 aliphatic heterocycles. The Kier molecular flexibility index (Phi) is 4.37. The third-order valence-corrected chi connectivity index (χ3v) is 5.51. The Morgan fingerprint density at radius 2 is 1.89 bits per heavy atom. The summed E-state index contributed by atoms with van der Waals surface area (Å²) in [6.07, 6.45) is 1.17. The van der Waals surface area contributed by atoms with E-state index in [0.29, 0.717) is 18.4 Å². The summed E-state index contributed by atoms with van der Waals surface area (Å²) in [5.74, 6) is -1.25. The highest BCUT2D eigenvalue weighted by molar-refractivity contribution is 6.09. The van der Waals surface area contributed by atoms with Crippen LogP contribution in [0.3, 0.4) is 0 Å². The zero-order valence-corrected chi connectivity index (χ0v) is 15.4. The summed E-state index contributed by atoms with van der Waals surface area (Å²) in [5.41, 5.74) is 1.11. The number of hydrogen-bond acceptors (Lipinski definition) is 3. The van der Waals surface area contributed by atoms with Gasteiger partial charge < -0.3 is 10.2 Å². The Morgan fingerprint density at radius 1 is 1.18 bits per heavy atom. The number of fused-ring (bicyclic) bond motifs is 2. The molecule has 0 bridgehead atoms. The molecule has 4 amide bonds.